The number of aromatic amines is 1. The van der Waals surface area contributed by atoms with E-state index in [1.54, 1.807) is 0 Å². The average Bonchev–Trinajstić information content (AvgIpc) is 3.27. The molecule has 3 N–H and O–H groups in total. The number of rotatable bonds is 2. The number of aromatic nitrogens is 2. The average molecular weight is 432 g/mol. The molecule has 2 aliphatic heterocycles. The Bertz CT molecular complexity index is 941. The van der Waals surface area contributed by atoms with Crippen molar-refractivity contribution in [3.63, 3.8) is 0 Å². The van der Waals surface area contributed by atoms with Crippen molar-refractivity contribution in [1.82, 2.24) is 15.3 Å². The second-order valence-corrected chi connectivity index (χ2v) is 7.52. The van der Waals surface area contributed by atoms with E-state index < -0.39 is 0 Å². The van der Waals surface area contributed by atoms with Gasteiger partial charge in [-0.15, -0.1) is 0 Å². The zero-order valence-electron chi connectivity index (χ0n) is 13.0. The highest BCUT2D eigenvalue weighted by molar-refractivity contribution is 14.2. The van der Waals surface area contributed by atoms with Crippen molar-refractivity contribution in [2.24, 2.45) is 3.15 Å². The first-order valence-corrected chi connectivity index (χ1v) is 10.1. The van der Waals surface area contributed by atoms with E-state index in [1.807, 2.05) is 0 Å². The maximum atomic E-state index is 4.76. The minimum Gasteiger partial charge on any atom is -0.369 e. The first-order chi connectivity index (χ1) is 11.9. The van der Waals surface area contributed by atoms with Crippen molar-refractivity contribution in [1.29, 1.82) is 0 Å². The maximum absolute atomic E-state index is 4.76. The van der Waals surface area contributed by atoms with E-state index in [9.17, 15) is 0 Å². The molecular weight excluding hydrogens is 415 g/mol. The number of hydrogen-bond donors (Lipinski definition) is 3. The number of halogens is 1. The Hall–Kier alpha value is -2.00. The molecule has 0 bridgehead atoms. The van der Waals surface area contributed by atoms with E-state index in [0.717, 1.165) is 60.0 Å². The van der Waals surface area contributed by atoms with Crippen LogP contribution in [0.25, 0.3) is 22.4 Å². The third-order valence-electron chi connectivity index (χ3n) is 4.49. The summed E-state index contributed by atoms with van der Waals surface area (Å²) < 4.78 is 7.88. The van der Waals surface area contributed by atoms with Crippen LogP contribution in [0.1, 0.15) is 0 Å². The van der Waals surface area contributed by atoms with Crippen molar-refractivity contribution in [2.75, 3.05) is 34.6 Å². The molecule has 0 unspecified atom stereocenters. The van der Waals surface area contributed by atoms with Crippen LogP contribution in [-0.4, -0.2) is 36.1 Å². The van der Waals surface area contributed by atoms with Gasteiger partial charge in [0.1, 0.15) is 27.1 Å². The molecule has 2 aliphatic rings. The van der Waals surface area contributed by atoms with Gasteiger partial charge in [0.2, 0.25) is 0 Å². The molecule has 6 nitrogen and oxygen atoms in total. The molecule has 3 aromatic rings. The van der Waals surface area contributed by atoms with Crippen molar-refractivity contribution in [3.8, 4) is 11.4 Å². The van der Waals surface area contributed by atoms with Gasteiger partial charge in [-0.25, -0.2) is 8.13 Å². The summed E-state index contributed by atoms with van der Waals surface area (Å²) in [7, 11) is 0. The summed E-state index contributed by atoms with van der Waals surface area (Å²) in [6, 6.07) is 12.8. The van der Waals surface area contributed by atoms with Crippen LogP contribution < -0.4 is 13.7 Å². The Kier molecular flexibility index (Phi) is 3.48. The number of H-pyrrole nitrogens is 1. The Morgan fingerprint density at radius 2 is 1.96 bits per heavy atom. The monoisotopic (exact) mass is 432 g/mol. The number of fused-ring (bicyclic) bond motifs is 2. The van der Waals surface area contributed by atoms with E-state index in [1.165, 1.54) is 5.69 Å². The summed E-state index contributed by atoms with van der Waals surface area (Å²) in [4.78, 5) is 10.7. The van der Waals surface area contributed by atoms with Gasteiger partial charge in [-0.3, -0.25) is 0 Å². The van der Waals surface area contributed by atoms with Crippen LogP contribution in [0.4, 0.5) is 17.1 Å². The minimum atomic E-state index is -0.269. The smallest absolute Gasteiger partial charge is 0.138 e. The normalized spacial score (nSPS) is 16.8. The Labute approximate surface area is 150 Å². The lowest BCUT2D eigenvalue weighted by molar-refractivity contribution is 0.589. The number of piperazine rings is 1. The molecule has 24 heavy (non-hydrogen) atoms. The van der Waals surface area contributed by atoms with Gasteiger partial charge in [0.05, 0.1) is 22.4 Å². The lowest BCUT2D eigenvalue weighted by atomic mass is 10.1. The fourth-order valence-electron chi connectivity index (χ4n) is 3.20. The molecule has 1 fully saturated rings. The van der Waals surface area contributed by atoms with Crippen LogP contribution in [0, 0.1) is 0 Å². The number of nitrogens with one attached hydrogen (secondary N) is 3. The van der Waals surface area contributed by atoms with Crippen LogP contribution in [0.15, 0.2) is 39.5 Å². The van der Waals surface area contributed by atoms with Gasteiger partial charge < -0.3 is 18.7 Å². The van der Waals surface area contributed by atoms with Crippen molar-refractivity contribution >= 4 is 49.4 Å². The highest BCUT2D eigenvalue weighted by Crippen LogP contribution is 2.38. The number of benzene rings is 2. The molecule has 7 heteroatoms. The van der Waals surface area contributed by atoms with E-state index in [4.69, 9.17) is 4.98 Å². The summed E-state index contributed by atoms with van der Waals surface area (Å²) in [5.41, 5.74) is 6.66. The molecule has 0 saturated carbocycles. The van der Waals surface area contributed by atoms with E-state index in [2.05, 4.69) is 58.3 Å². The quantitative estimate of drug-likeness (QED) is 0.426. The predicted molar refractivity (Wildman–Crippen MR) is 106 cm³/mol. The van der Waals surface area contributed by atoms with Gasteiger partial charge in [0.15, 0.2) is 0 Å². The molecule has 0 aliphatic carbocycles. The molecule has 0 atom stereocenters. The molecule has 2 aromatic carbocycles. The van der Waals surface area contributed by atoms with Gasteiger partial charge in [-0.2, -0.15) is 0 Å². The third-order valence-corrected chi connectivity index (χ3v) is 6.08. The van der Waals surface area contributed by atoms with E-state index in [-0.39, 0.29) is 21.3 Å². The molecule has 1 saturated heterocycles. The molecule has 122 valence electrons. The van der Waals surface area contributed by atoms with E-state index in [0.29, 0.717) is 0 Å². The Morgan fingerprint density at radius 1 is 1.04 bits per heavy atom. The van der Waals surface area contributed by atoms with Gasteiger partial charge in [-0.1, -0.05) is 0 Å². The molecule has 1 aromatic heterocycles. The van der Waals surface area contributed by atoms with Crippen molar-refractivity contribution < 1.29 is 0 Å². The maximum Gasteiger partial charge on any atom is 0.138 e. The summed E-state index contributed by atoms with van der Waals surface area (Å²) in [6.45, 7) is 4.19. The van der Waals surface area contributed by atoms with Gasteiger partial charge in [0, 0.05) is 37.4 Å². The SMILES string of the molecule is c1cc2c(cc1-c1nc3ccc(N4CCNCC4)cc3[nH]1)NI=N2. The zero-order valence-corrected chi connectivity index (χ0v) is 15.2. The molecule has 0 radical (unpaired) electrons. The molecular formula is C17H17IN6. The largest absolute Gasteiger partial charge is 0.369 e. The highest BCUT2D eigenvalue weighted by Gasteiger charge is 2.14. The standard InChI is InChI=1S/C17H17IN6/c1-3-14-16(23-18-22-14)9-11(1)17-20-13-4-2-12(10-15(13)21-17)24-7-5-19-6-8-24/h1-4,9-10,19H,5-8H2,(H,20,21)(H,22,23). The topological polar surface area (TPSA) is 68.3 Å². The summed E-state index contributed by atoms with van der Waals surface area (Å²) >= 11 is -0.269. The van der Waals surface area contributed by atoms with Crippen LogP contribution in [-0.2, 0) is 0 Å². The molecule has 5 rings (SSSR count). The fraction of sp³-hybridized carbons (Fsp3) is 0.235. The highest BCUT2D eigenvalue weighted by atomic mass is 127. The Balaban J connectivity index is 1.51. The zero-order chi connectivity index (χ0) is 15.9. The molecule has 0 amide bonds. The van der Waals surface area contributed by atoms with Gasteiger partial charge in [0.25, 0.3) is 0 Å². The van der Waals surface area contributed by atoms with Crippen molar-refractivity contribution in [3.05, 3.63) is 36.4 Å². The van der Waals surface area contributed by atoms with Crippen LogP contribution in [0.3, 0.4) is 0 Å². The fourth-order valence-corrected chi connectivity index (χ4v) is 4.69. The molecule has 3 heterocycles. The van der Waals surface area contributed by atoms with Crippen LogP contribution in [0.2, 0.25) is 0 Å². The van der Waals surface area contributed by atoms with Crippen LogP contribution in [0.5, 0.6) is 0 Å². The van der Waals surface area contributed by atoms with Crippen molar-refractivity contribution in [2.45, 2.75) is 0 Å². The molecule has 0 spiro atoms. The summed E-state index contributed by atoms with van der Waals surface area (Å²) in [5, 5.41) is 3.39. The lowest BCUT2D eigenvalue weighted by Crippen LogP contribution is -2.43. The minimum absolute atomic E-state index is 0.269. The number of anilines is 2. The summed E-state index contributed by atoms with van der Waals surface area (Å²) in [5.74, 6) is 0.914. The Morgan fingerprint density at radius 3 is 2.88 bits per heavy atom. The third kappa shape index (κ3) is 2.48. The second-order valence-electron chi connectivity index (χ2n) is 6.02. The first-order valence-electron chi connectivity index (χ1n) is 8.07. The van der Waals surface area contributed by atoms with Gasteiger partial charge >= 0.3 is 0 Å². The second kappa shape index (κ2) is 5.82. The number of imidazole rings is 1. The number of nitrogens with zero attached hydrogens (tertiary/aromatic N) is 3. The first kappa shape index (κ1) is 14.4. The van der Waals surface area contributed by atoms with E-state index >= 15 is 0 Å². The van der Waals surface area contributed by atoms with Gasteiger partial charge in [-0.05, 0) is 36.4 Å². The number of hydrogen-bond acceptors (Lipinski definition) is 5. The predicted octanol–water partition coefficient (Wildman–Crippen LogP) is 3.77. The lowest BCUT2D eigenvalue weighted by Gasteiger charge is -2.29. The van der Waals surface area contributed by atoms with Crippen LogP contribution >= 0.6 is 21.3 Å². The summed E-state index contributed by atoms with van der Waals surface area (Å²) in [6.07, 6.45) is 0.